The normalized spacial score (nSPS) is 11.5. The molecule has 25 heavy (non-hydrogen) atoms. The summed E-state index contributed by atoms with van der Waals surface area (Å²) in [4.78, 5) is 23.7. The molecule has 0 aromatic carbocycles. The Hall–Kier alpha value is -1.48. The molecule has 0 bridgehead atoms. The lowest BCUT2D eigenvalue weighted by Gasteiger charge is -2.28. The highest BCUT2D eigenvalue weighted by molar-refractivity contribution is 6.60. The highest BCUT2D eigenvalue weighted by atomic mass is 28.4. The van der Waals surface area contributed by atoms with Crippen LogP contribution in [0.2, 0.25) is 6.04 Å². The van der Waals surface area contributed by atoms with Gasteiger partial charge in [-0.05, 0) is 39.7 Å². The first-order chi connectivity index (χ1) is 12.0. The number of nitrogens with zero attached hydrogens (tertiary/aromatic N) is 1. The lowest BCUT2D eigenvalue weighted by Crippen LogP contribution is -2.46. The number of carbonyl (C=O) groups excluding carboxylic acids is 1. The van der Waals surface area contributed by atoms with E-state index < -0.39 is 8.80 Å². The second kappa shape index (κ2) is 11.2. The molecule has 0 aliphatic carbocycles. The summed E-state index contributed by atoms with van der Waals surface area (Å²) in [7, 11) is -2.66. The topological polar surface area (TPSA) is 78.8 Å². The average molecular weight is 371 g/mol. The summed E-state index contributed by atoms with van der Waals surface area (Å²) in [6.07, 6.45) is 2.37. The first-order valence-electron chi connectivity index (χ1n) is 8.82. The first-order valence-corrected chi connectivity index (χ1v) is 10.7. The Kier molecular flexibility index (Phi) is 9.65. The molecule has 0 radical (unpaired) electrons. The van der Waals surface area contributed by atoms with Crippen LogP contribution in [-0.2, 0) is 24.6 Å². The van der Waals surface area contributed by atoms with Crippen LogP contribution < -0.4 is 10.9 Å². The van der Waals surface area contributed by atoms with Crippen LogP contribution in [0, 0.1) is 6.92 Å². The van der Waals surface area contributed by atoms with Gasteiger partial charge in [0.25, 0.3) is 5.56 Å². The number of nitrogens with one attached hydrogen (secondary N) is 1. The minimum Gasteiger partial charge on any atom is -0.374 e. The van der Waals surface area contributed by atoms with Crippen LogP contribution in [0.5, 0.6) is 0 Å². The molecule has 1 N–H and O–H groups in total. The quantitative estimate of drug-likeness (QED) is 0.448. The highest BCUT2D eigenvalue weighted by Crippen LogP contribution is 2.17. The van der Waals surface area contributed by atoms with E-state index >= 15 is 0 Å². The van der Waals surface area contributed by atoms with Crippen molar-refractivity contribution in [2.24, 2.45) is 0 Å². The van der Waals surface area contributed by atoms with E-state index in [-0.39, 0.29) is 18.0 Å². The lowest BCUT2D eigenvalue weighted by molar-refractivity contribution is -0.121. The van der Waals surface area contributed by atoms with Crippen LogP contribution in [0.1, 0.15) is 32.8 Å². The molecule has 142 valence electrons. The Balaban J connectivity index is 2.47. The number of amides is 1. The van der Waals surface area contributed by atoms with Crippen molar-refractivity contribution in [1.29, 1.82) is 0 Å². The SMILES string of the molecule is CCO[Si](CCCNC(=O)Cn1cc(C)ccc1=O)(OCC)OCC. The third-order valence-electron chi connectivity index (χ3n) is 3.52. The zero-order chi connectivity index (χ0) is 18.7. The van der Waals surface area contributed by atoms with Gasteiger partial charge in [-0.1, -0.05) is 6.07 Å². The molecule has 0 fully saturated rings. The Labute approximate surface area is 150 Å². The summed E-state index contributed by atoms with van der Waals surface area (Å²) in [6.45, 7) is 9.75. The van der Waals surface area contributed by atoms with Crippen molar-refractivity contribution in [3.8, 4) is 0 Å². The highest BCUT2D eigenvalue weighted by Gasteiger charge is 2.39. The molecule has 0 spiro atoms. The molecule has 1 aromatic rings. The molecule has 7 nitrogen and oxygen atoms in total. The predicted octanol–water partition coefficient (Wildman–Crippen LogP) is 1.71. The number of aromatic nitrogens is 1. The Bertz CT molecular complexity index is 574. The standard InChI is InChI=1S/C17H30N2O5Si/c1-5-22-25(23-6-2,24-7-3)12-8-11-18-16(20)14-19-13-15(4)9-10-17(19)21/h9-10,13H,5-8,11-12,14H2,1-4H3,(H,18,20). The smallest absolute Gasteiger partial charge is 0.374 e. The van der Waals surface area contributed by atoms with Gasteiger partial charge in [0.1, 0.15) is 6.54 Å². The molecule has 1 amide bonds. The van der Waals surface area contributed by atoms with Gasteiger partial charge in [-0.3, -0.25) is 9.59 Å². The van der Waals surface area contributed by atoms with Gasteiger partial charge in [0.2, 0.25) is 5.91 Å². The number of aryl methyl sites for hydroxylation is 1. The molecule has 0 aliphatic rings. The van der Waals surface area contributed by atoms with Crippen molar-refractivity contribution in [1.82, 2.24) is 9.88 Å². The second-order valence-electron chi connectivity index (χ2n) is 5.61. The summed E-state index contributed by atoms with van der Waals surface area (Å²) in [5.41, 5.74) is 0.754. The molecule has 0 saturated heterocycles. The Morgan fingerprint density at radius 3 is 2.28 bits per heavy atom. The summed E-state index contributed by atoms with van der Waals surface area (Å²) >= 11 is 0. The Morgan fingerprint density at radius 1 is 1.12 bits per heavy atom. The number of carbonyl (C=O) groups is 1. The molecule has 0 saturated carbocycles. The first kappa shape index (κ1) is 21.6. The van der Waals surface area contributed by atoms with Crippen molar-refractivity contribution in [3.05, 3.63) is 34.2 Å². The van der Waals surface area contributed by atoms with Gasteiger partial charge in [-0.15, -0.1) is 0 Å². The van der Waals surface area contributed by atoms with Crippen molar-refractivity contribution in [3.63, 3.8) is 0 Å². The summed E-state index contributed by atoms with van der Waals surface area (Å²) < 4.78 is 18.7. The van der Waals surface area contributed by atoms with Crippen LogP contribution in [0.4, 0.5) is 0 Å². The molecular formula is C17H30N2O5Si. The van der Waals surface area contributed by atoms with Crippen molar-refractivity contribution < 1.29 is 18.1 Å². The van der Waals surface area contributed by atoms with E-state index in [9.17, 15) is 9.59 Å². The summed E-state index contributed by atoms with van der Waals surface area (Å²) in [5.74, 6) is -0.191. The van der Waals surface area contributed by atoms with E-state index in [1.165, 1.54) is 10.6 Å². The number of hydrogen-bond acceptors (Lipinski definition) is 5. The number of hydrogen-bond donors (Lipinski definition) is 1. The van der Waals surface area contributed by atoms with E-state index in [0.717, 1.165) is 5.56 Å². The molecule has 1 heterocycles. The largest absolute Gasteiger partial charge is 0.500 e. The summed E-state index contributed by atoms with van der Waals surface area (Å²) in [6, 6.07) is 3.85. The van der Waals surface area contributed by atoms with Crippen LogP contribution >= 0.6 is 0 Å². The Morgan fingerprint density at radius 2 is 1.72 bits per heavy atom. The third kappa shape index (κ3) is 7.51. The monoisotopic (exact) mass is 370 g/mol. The van der Waals surface area contributed by atoms with Gasteiger partial charge in [0.15, 0.2) is 0 Å². The maximum atomic E-state index is 12.0. The van der Waals surface area contributed by atoms with Gasteiger partial charge in [0, 0.05) is 44.7 Å². The van der Waals surface area contributed by atoms with Crippen molar-refractivity contribution in [2.75, 3.05) is 26.4 Å². The van der Waals surface area contributed by atoms with Gasteiger partial charge in [-0.2, -0.15) is 0 Å². The van der Waals surface area contributed by atoms with Crippen molar-refractivity contribution >= 4 is 14.7 Å². The maximum absolute atomic E-state index is 12.0. The lowest BCUT2D eigenvalue weighted by atomic mass is 10.3. The minimum absolute atomic E-state index is 0.0193. The maximum Gasteiger partial charge on any atom is 0.500 e. The molecule has 0 aliphatic heterocycles. The van der Waals surface area contributed by atoms with E-state index in [0.29, 0.717) is 38.8 Å². The zero-order valence-corrected chi connectivity index (χ0v) is 16.7. The van der Waals surface area contributed by atoms with Crippen LogP contribution in [0.3, 0.4) is 0 Å². The van der Waals surface area contributed by atoms with Gasteiger partial charge >= 0.3 is 8.80 Å². The van der Waals surface area contributed by atoms with Crippen LogP contribution in [0.25, 0.3) is 0 Å². The molecular weight excluding hydrogens is 340 g/mol. The van der Waals surface area contributed by atoms with E-state index in [1.54, 1.807) is 12.3 Å². The molecule has 8 heteroatoms. The van der Waals surface area contributed by atoms with E-state index in [4.69, 9.17) is 13.3 Å². The van der Waals surface area contributed by atoms with Gasteiger partial charge < -0.3 is 23.2 Å². The summed E-state index contributed by atoms with van der Waals surface area (Å²) in [5, 5.41) is 2.83. The fourth-order valence-corrected chi connectivity index (χ4v) is 5.13. The van der Waals surface area contributed by atoms with Gasteiger partial charge in [0.05, 0.1) is 0 Å². The van der Waals surface area contributed by atoms with Crippen LogP contribution in [-0.4, -0.2) is 45.6 Å². The van der Waals surface area contributed by atoms with E-state index in [1.807, 2.05) is 27.7 Å². The fourth-order valence-electron chi connectivity index (χ4n) is 2.52. The minimum atomic E-state index is -2.66. The zero-order valence-electron chi connectivity index (χ0n) is 15.7. The average Bonchev–Trinajstić information content (AvgIpc) is 2.56. The van der Waals surface area contributed by atoms with Gasteiger partial charge in [-0.25, -0.2) is 0 Å². The number of pyridine rings is 1. The third-order valence-corrected chi connectivity index (χ3v) is 6.67. The second-order valence-corrected chi connectivity index (χ2v) is 8.34. The molecule has 1 aromatic heterocycles. The molecule has 1 rings (SSSR count). The molecule has 0 atom stereocenters. The van der Waals surface area contributed by atoms with E-state index in [2.05, 4.69) is 5.32 Å². The van der Waals surface area contributed by atoms with Crippen LogP contribution in [0.15, 0.2) is 23.1 Å². The predicted molar refractivity (Wildman–Crippen MR) is 98.5 cm³/mol. The molecule has 0 unspecified atom stereocenters. The number of rotatable bonds is 12. The van der Waals surface area contributed by atoms with Crippen molar-refractivity contribution in [2.45, 2.75) is 46.7 Å². The fraction of sp³-hybridized carbons (Fsp3) is 0.647.